The number of aliphatic hydroxyl groups is 1. The summed E-state index contributed by atoms with van der Waals surface area (Å²) >= 11 is 12.8. The van der Waals surface area contributed by atoms with Gasteiger partial charge in [-0.3, -0.25) is 4.90 Å². The van der Waals surface area contributed by atoms with Crippen molar-refractivity contribution < 1.29 is 9.94 Å². The van der Waals surface area contributed by atoms with Crippen molar-refractivity contribution in [2.24, 2.45) is 5.16 Å². The third-order valence-corrected chi connectivity index (χ3v) is 6.21. The molecular weight excluding hydrogens is 359 g/mol. The molecule has 1 aliphatic carbocycles. The molecule has 5 rings (SSSR count). The largest absolute Gasteiger partial charge is 0.379 e. The number of halogens is 2. The first-order valence-corrected chi connectivity index (χ1v) is 9.17. The number of hydrogen-bond acceptors (Lipinski definition) is 4. The van der Waals surface area contributed by atoms with Gasteiger partial charge in [0.1, 0.15) is 0 Å². The van der Waals surface area contributed by atoms with Gasteiger partial charge in [-0.05, 0) is 37.5 Å². The van der Waals surface area contributed by atoms with Crippen LogP contribution < -0.4 is 4.90 Å². The third kappa shape index (κ3) is 1.80. The molecule has 0 saturated heterocycles. The van der Waals surface area contributed by atoms with Crippen molar-refractivity contribution in [1.29, 1.82) is 0 Å². The van der Waals surface area contributed by atoms with Crippen LogP contribution in [0, 0.1) is 0 Å². The van der Waals surface area contributed by atoms with Crippen LogP contribution in [0.3, 0.4) is 0 Å². The molecule has 128 valence electrons. The van der Waals surface area contributed by atoms with Crippen molar-refractivity contribution in [3.63, 3.8) is 0 Å². The van der Waals surface area contributed by atoms with Crippen LogP contribution in [0.15, 0.2) is 47.6 Å². The molecule has 2 unspecified atom stereocenters. The molecule has 1 fully saturated rings. The van der Waals surface area contributed by atoms with E-state index in [4.69, 9.17) is 28.0 Å². The van der Waals surface area contributed by atoms with E-state index < -0.39 is 11.3 Å². The average Bonchev–Trinajstić information content (AvgIpc) is 3.07. The molecule has 1 spiro atoms. The van der Waals surface area contributed by atoms with Gasteiger partial charge in [-0.2, -0.15) is 0 Å². The zero-order valence-electron chi connectivity index (χ0n) is 13.4. The fourth-order valence-corrected chi connectivity index (χ4v) is 5.04. The highest BCUT2D eigenvalue weighted by molar-refractivity contribution is 6.41. The number of anilines is 1. The Morgan fingerprint density at radius 1 is 1.00 bits per heavy atom. The summed E-state index contributed by atoms with van der Waals surface area (Å²) in [6, 6.07) is 13.2. The number of oxime groups is 1. The lowest BCUT2D eigenvalue weighted by atomic mass is 9.75. The van der Waals surface area contributed by atoms with E-state index in [0.717, 1.165) is 24.1 Å². The van der Waals surface area contributed by atoms with Crippen LogP contribution in [0.2, 0.25) is 10.0 Å². The van der Waals surface area contributed by atoms with Crippen LogP contribution in [-0.4, -0.2) is 16.7 Å². The lowest BCUT2D eigenvalue weighted by molar-refractivity contribution is -0.187. The fourth-order valence-electron chi connectivity index (χ4n) is 4.48. The molecular formula is C19H16Cl2N2O2. The predicted molar refractivity (Wildman–Crippen MR) is 98.1 cm³/mol. The van der Waals surface area contributed by atoms with Gasteiger partial charge in [0.05, 0.1) is 21.3 Å². The van der Waals surface area contributed by atoms with E-state index in [0.29, 0.717) is 34.3 Å². The number of para-hydroxylation sites is 1. The Labute approximate surface area is 155 Å². The first-order chi connectivity index (χ1) is 12.1. The molecule has 2 aliphatic heterocycles. The maximum atomic E-state index is 11.6. The summed E-state index contributed by atoms with van der Waals surface area (Å²) in [6.45, 7) is 0. The van der Waals surface area contributed by atoms with Gasteiger partial charge in [0.2, 0.25) is 5.72 Å². The highest BCUT2D eigenvalue weighted by atomic mass is 35.5. The summed E-state index contributed by atoms with van der Waals surface area (Å²) in [5.74, 6) is 0.556. The molecule has 0 amide bonds. The lowest BCUT2D eigenvalue weighted by Crippen LogP contribution is -2.59. The molecule has 2 atom stereocenters. The maximum absolute atomic E-state index is 11.6. The first-order valence-electron chi connectivity index (χ1n) is 8.41. The number of amidine groups is 1. The van der Waals surface area contributed by atoms with E-state index in [1.165, 1.54) is 0 Å². The molecule has 25 heavy (non-hydrogen) atoms. The van der Waals surface area contributed by atoms with Crippen molar-refractivity contribution in [2.45, 2.75) is 37.0 Å². The number of rotatable bonds is 1. The second-order valence-corrected chi connectivity index (χ2v) is 7.62. The topological polar surface area (TPSA) is 45.1 Å². The minimum absolute atomic E-state index is 0.510. The smallest absolute Gasteiger partial charge is 0.248 e. The van der Waals surface area contributed by atoms with E-state index in [9.17, 15) is 5.11 Å². The molecule has 2 heterocycles. The quantitative estimate of drug-likeness (QED) is 0.788. The predicted octanol–water partition coefficient (Wildman–Crippen LogP) is 4.66. The van der Waals surface area contributed by atoms with Crippen molar-refractivity contribution >= 4 is 34.7 Å². The standard InChI is InChI=1S/C19H16Cl2N2O2/c20-13-7-5-8-14(21)16(13)17-22-25-19-11-4-3-10-18(19,24)12-6-1-2-9-15(12)23(17)19/h1-2,5-9,24H,3-4,10-11H2. The van der Waals surface area contributed by atoms with Crippen LogP contribution in [0.5, 0.6) is 0 Å². The van der Waals surface area contributed by atoms with Crippen LogP contribution in [0.1, 0.15) is 36.8 Å². The highest BCUT2D eigenvalue weighted by Gasteiger charge is 2.68. The van der Waals surface area contributed by atoms with Gasteiger partial charge >= 0.3 is 0 Å². The molecule has 3 aliphatic rings. The fraction of sp³-hybridized carbons (Fsp3) is 0.316. The summed E-state index contributed by atoms with van der Waals surface area (Å²) in [4.78, 5) is 7.97. The van der Waals surface area contributed by atoms with Gasteiger partial charge in [-0.1, -0.05) is 52.6 Å². The van der Waals surface area contributed by atoms with E-state index in [2.05, 4.69) is 5.16 Å². The van der Waals surface area contributed by atoms with Gasteiger partial charge in [-0.25, -0.2) is 0 Å². The van der Waals surface area contributed by atoms with Crippen LogP contribution in [0.25, 0.3) is 0 Å². The van der Waals surface area contributed by atoms with Gasteiger partial charge in [0.25, 0.3) is 0 Å². The zero-order chi connectivity index (χ0) is 17.2. The van der Waals surface area contributed by atoms with Gasteiger partial charge in [-0.15, -0.1) is 0 Å². The van der Waals surface area contributed by atoms with E-state index in [1.54, 1.807) is 18.2 Å². The Hall–Kier alpha value is -1.75. The van der Waals surface area contributed by atoms with Gasteiger partial charge < -0.3 is 9.94 Å². The maximum Gasteiger partial charge on any atom is 0.248 e. The minimum atomic E-state index is -1.10. The monoisotopic (exact) mass is 374 g/mol. The summed E-state index contributed by atoms with van der Waals surface area (Å²) in [6.07, 6.45) is 3.24. The first kappa shape index (κ1) is 15.5. The van der Waals surface area contributed by atoms with Crippen molar-refractivity contribution in [3.8, 4) is 0 Å². The van der Waals surface area contributed by atoms with E-state index >= 15 is 0 Å². The normalized spacial score (nSPS) is 29.6. The summed E-state index contributed by atoms with van der Waals surface area (Å²) in [7, 11) is 0. The third-order valence-electron chi connectivity index (χ3n) is 5.58. The number of benzene rings is 2. The molecule has 6 heteroatoms. The Bertz CT molecular complexity index is 896. The zero-order valence-corrected chi connectivity index (χ0v) is 14.9. The minimum Gasteiger partial charge on any atom is -0.379 e. The van der Waals surface area contributed by atoms with E-state index in [1.807, 2.05) is 29.2 Å². The van der Waals surface area contributed by atoms with Crippen molar-refractivity contribution in [2.75, 3.05) is 4.90 Å². The molecule has 0 radical (unpaired) electrons. The van der Waals surface area contributed by atoms with Gasteiger partial charge in [0.15, 0.2) is 11.4 Å². The molecule has 1 N–H and O–H groups in total. The lowest BCUT2D eigenvalue weighted by Gasteiger charge is -2.44. The molecule has 0 bridgehead atoms. The Balaban J connectivity index is 1.76. The van der Waals surface area contributed by atoms with Crippen molar-refractivity contribution in [3.05, 3.63) is 63.6 Å². The molecule has 1 saturated carbocycles. The molecule has 2 aromatic rings. The summed E-state index contributed by atoms with van der Waals surface area (Å²) in [5.41, 5.74) is 0.393. The molecule has 4 nitrogen and oxygen atoms in total. The van der Waals surface area contributed by atoms with Crippen LogP contribution in [-0.2, 0) is 10.4 Å². The Kier molecular flexibility index (Phi) is 3.18. The number of nitrogens with zero attached hydrogens (tertiary/aromatic N) is 2. The van der Waals surface area contributed by atoms with Gasteiger partial charge in [0, 0.05) is 12.0 Å². The highest BCUT2D eigenvalue weighted by Crippen LogP contribution is 2.60. The summed E-state index contributed by atoms with van der Waals surface area (Å²) in [5, 5.41) is 17.0. The second-order valence-electron chi connectivity index (χ2n) is 6.81. The summed E-state index contributed by atoms with van der Waals surface area (Å²) < 4.78 is 0. The average molecular weight is 375 g/mol. The molecule has 2 aromatic carbocycles. The molecule has 0 aromatic heterocycles. The number of fused-ring (bicyclic) bond motifs is 3. The Morgan fingerprint density at radius 3 is 2.52 bits per heavy atom. The SMILES string of the molecule is OC12CCCCC13ON=C(c1c(Cl)cccc1Cl)N3c1ccccc12. The number of hydrogen-bond donors (Lipinski definition) is 1. The van der Waals surface area contributed by atoms with Crippen molar-refractivity contribution in [1.82, 2.24) is 0 Å². The van der Waals surface area contributed by atoms with E-state index in [-0.39, 0.29) is 0 Å². The van der Waals surface area contributed by atoms with Crippen LogP contribution >= 0.6 is 23.2 Å². The second kappa shape index (κ2) is 5.13. The van der Waals surface area contributed by atoms with Crippen LogP contribution in [0.4, 0.5) is 5.69 Å². The Morgan fingerprint density at radius 2 is 1.72 bits per heavy atom.